The van der Waals surface area contributed by atoms with Crippen LogP contribution in [0.3, 0.4) is 0 Å². The van der Waals surface area contributed by atoms with E-state index in [0.29, 0.717) is 22.1 Å². The Morgan fingerprint density at radius 3 is 2.52 bits per heavy atom. The van der Waals surface area contributed by atoms with E-state index in [1.165, 1.54) is 24.3 Å². The minimum atomic E-state index is -1.14. The molecule has 0 saturated carbocycles. The van der Waals surface area contributed by atoms with Gasteiger partial charge in [0.1, 0.15) is 22.7 Å². The highest BCUT2D eigenvalue weighted by molar-refractivity contribution is 6.10. The Bertz CT molecular complexity index is 1280. The molecule has 0 saturated heterocycles. The van der Waals surface area contributed by atoms with Gasteiger partial charge in [-0.15, -0.1) is 0 Å². The number of nitrogens with zero attached hydrogens (tertiary/aromatic N) is 1. The average Bonchev–Trinajstić information content (AvgIpc) is 3.12. The van der Waals surface area contributed by atoms with Crippen LogP contribution in [0.5, 0.6) is 0 Å². The summed E-state index contributed by atoms with van der Waals surface area (Å²) in [6.07, 6.45) is 0. The molecule has 1 heterocycles. The van der Waals surface area contributed by atoms with Gasteiger partial charge in [0.05, 0.1) is 11.6 Å². The van der Waals surface area contributed by atoms with Gasteiger partial charge in [0, 0.05) is 35.3 Å². The number of benzene rings is 3. The maximum Gasteiger partial charge on any atom is 0.340 e. The highest BCUT2D eigenvalue weighted by Crippen LogP contribution is 2.39. The Kier molecular flexibility index (Phi) is 4.49. The van der Waals surface area contributed by atoms with Gasteiger partial charge in [-0.25, -0.2) is 9.18 Å². The van der Waals surface area contributed by atoms with Gasteiger partial charge in [0.25, 0.3) is 0 Å². The van der Waals surface area contributed by atoms with E-state index in [1.54, 1.807) is 37.4 Å². The lowest BCUT2D eigenvalue weighted by molar-refractivity contribution is 0.0699. The second-order valence-electron chi connectivity index (χ2n) is 6.45. The Morgan fingerprint density at radius 1 is 1.10 bits per heavy atom. The summed E-state index contributed by atoms with van der Waals surface area (Å²) in [7, 11) is 1.75. The summed E-state index contributed by atoms with van der Waals surface area (Å²) in [4.78, 5) is 12.0. The highest BCUT2D eigenvalue weighted by Gasteiger charge is 2.23. The molecule has 0 aliphatic heterocycles. The number of carbonyl (C=O) groups is 1. The van der Waals surface area contributed by atoms with Crippen molar-refractivity contribution in [2.75, 3.05) is 12.4 Å². The van der Waals surface area contributed by atoms with Crippen molar-refractivity contribution >= 4 is 22.6 Å². The Morgan fingerprint density at radius 2 is 1.86 bits per heavy atom. The zero-order valence-corrected chi connectivity index (χ0v) is 15.4. The molecule has 2 N–H and O–H groups in total. The SMILES string of the molecule is CNc1cc2oc(-c3ccc(F)cc3)c(C(=O)O)c2cc1-c1cccc(C#N)c1. The molecular formula is C23H15FN2O3. The molecule has 5 nitrogen and oxygen atoms in total. The van der Waals surface area contributed by atoms with Crippen molar-refractivity contribution in [1.29, 1.82) is 5.26 Å². The van der Waals surface area contributed by atoms with Crippen LogP contribution >= 0.6 is 0 Å². The standard InChI is InChI=1S/C23H15FN2O3/c1-26-19-11-20-18(10-17(19)15-4-2-3-13(9-15)12-25)21(23(27)28)22(29-20)14-5-7-16(24)8-6-14/h2-11,26H,1H3,(H,27,28). The van der Waals surface area contributed by atoms with Crippen molar-refractivity contribution in [2.24, 2.45) is 0 Å². The first kappa shape index (κ1) is 18.3. The van der Waals surface area contributed by atoms with Crippen LogP contribution < -0.4 is 5.32 Å². The van der Waals surface area contributed by atoms with E-state index >= 15 is 0 Å². The summed E-state index contributed by atoms with van der Waals surface area (Å²) < 4.78 is 19.2. The largest absolute Gasteiger partial charge is 0.478 e. The van der Waals surface area contributed by atoms with Crippen LogP contribution in [0.25, 0.3) is 33.4 Å². The molecule has 0 aliphatic carbocycles. The predicted molar refractivity (Wildman–Crippen MR) is 108 cm³/mol. The Balaban J connectivity index is 2.00. The molecule has 0 fully saturated rings. The summed E-state index contributed by atoms with van der Waals surface area (Å²) >= 11 is 0. The predicted octanol–water partition coefficient (Wildman–Crippen LogP) is 5.52. The molecule has 4 aromatic rings. The molecule has 3 aromatic carbocycles. The average molecular weight is 386 g/mol. The van der Waals surface area contributed by atoms with Gasteiger partial charge in [-0.05, 0) is 48.0 Å². The van der Waals surface area contributed by atoms with E-state index in [0.717, 1.165) is 16.8 Å². The van der Waals surface area contributed by atoms with Crippen LogP contribution in [-0.4, -0.2) is 18.1 Å². The number of hydrogen-bond acceptors (Lipinski definition) is 4. The number of rotatable bonds is 4. The topological polar surface area (TPSA) is 86.3 Å². The molecule has 29 heavy (non-hydrogen) atoms. The second kappa shape index (κ2) is 7.13. The first-order chi connectivity index (χ1) is 14.0. The van der Waals surface area contributed by atoms with Crippen molar-refractivity contribution in [3.05, 3.63) is 77.6 Å². The summed E-state index contributed by atoms with van der Waals surface area (Å²) in [5.41, 5.74) is 3.62. The van der Waals surface area contributed by atoms with Crippen molar-refractivity contribution in [1.82, 2.24) is 0 Å². The van der Waals surface area contributed by atoms with Gasteiger partial charge in [-0.2, -0.15) is 5.26 Å². The number of aromatic carboxylic acids is 1. The third-order valence-electron chi connectivity index (χ3n) is 4.72. The lowest BCUT2D eigenvalue weighted by atomic mass is 9.98. The van der Waals surface area contributed by atoms with Crippen molar-refractivity contribution in [3.63, 3.8) is 0 Å². The van der Waals surface area contributed by atoms with Gasteiger partial charge in [-0.1, -0.05) is 12.1 Å². The van der Waals surface area contributed by atoms with Crippen LogP contribution in [-0.2, 0) is 0 Å². The summed E-state index contributed by atoms with van der Waals surface area (Å²) in [6, 6.07) is 18.1. The minimum absolute atomic E-state index is 0.00643. The lowest BCUT2D eigenvalue weighted by Gasteiger charge is -2.10. The molecule has 0 amide bonds. The number of hydrogen-bond donors (Lipinski definition) is 2. The fourth-order valence-corrected chi connectivity index (χ4v) is 3.36. The smallest absolute Gasteiger partial charge is 0.340 e. The van der Waals surface area contributed by atoms with Gasteiger partial charge < -0.3 is 14.8 Å². The van der Waals surface area contributed by atoms with E-state index < -0.39 is 11.8 Å². The zero-order valence-electron chi connectivity index (χ0n) is 15.4. The molecule has 0 bridgehead atoms. The van der Waals surface area contributed by atoms with Gasteiger partial charge in [0.15, 0.2) is 0 Å². The normalized spacial score (nSPS) is 10.7. The van der Waals surface area contributed by atoms with E-state index in [9.17, 15) is 19.6 Å². The molecule has 0 atom stereocenters. The van der Waals surface area contributed by atoms with E-state index in [4.69, 9.17) is 4.42 Å². The first-order valence-corrected chi connectivity index (χ1v) is 8.80. The molecule has 0 aliphatic rings. The number of nitrogens with one attached hydrogen (secondary N) is 1. The van der Waals surface area contributed by atoms with Gasteiger partial charge >= 0.3 is 5.97 Å². The first-order valence-electron chi connectivity index (χ1n) is 8.80. The number of anilines is 1. The number of furan rings is 1. The molecule has 6 heteroatoms. The fraction of sp³-hybridized carbons (Fsp3) is 0.0435. The minimum Gasteiger partial charge on any atom is -0.478 e. The number of fused-ring (bicyclic) bond motifs is 1. The third-order valence-corrected chi connectivity index (χ3v) is 4.72. The van der Waals surface area contributed by atoms with Crippen LogP contribution in [0.1, 0.15) is 15.9 Å². The van der Waals surface area contributed by atoms with Crippen molar-refractivity contribution in [3.8, 4) is 28.5 Å². The van der Waals surface area contributed by atoms with Gasteiger partial charge in [0.2, 0.25) is 0 Å². The summed E-state index contributed by atoms with van der Waals surface area (Å²) in [5, 5.41) is 22.5. The maximum absolute atomic E-state index is 13.3. The highest BCUT2D eigenvalue weighted by atomic mass is 19.1. The van der Waals surface area contributed by atoms with Gasteiger partial charge in [-0.3, -0.25) is 0 Å². The van der Waals surface area contributed by atoms with Crippen LogP contribution in [0, 0.1) is 17.1 Å². The Hall–Kier alpha value is -4.11. The van der Waals surface area contributed by atoms with Crippen LogP contribution in [0.15, 0.2) is 65.1 Å². The quantitative estimate of drug-likeness (QED) is 0.482. The van der Waals surface area contributed by atoms with E-state index in [-0.39, 0.29) is 11.3 Å². The van der Waals surface area contributed by atoms with E-state index in [1.807, 2.05) is 6.07 Å². The van der Waals surface area contributed by atoms with Crippen LogP contribution in [0.4, 0.5) is 10.1 Å². The molecule has 0 unspecified atom stereocenters. The fourth-order valence-electron chi connectivity index (χ4n) is 3.36. The monoisotopic (exact) mass is 386 g/mol. The number of nitriles is 1. The zero-order chi connectivity index (χ0) is 20.5. The maximum atomic E-state index is 13.3. The summed E-state index contributed by atoms with van der Waals surface area (Å²) in [6.45, 7) is 0. The Labute approximate surface area is 165 Å². The lowest BCUT2D eigenvalue weighted by Crippen LogP contribution is -1.98. The third kappa shape index (κ3) is 3.19. The molecule has 142 valence electrons. The van der Waals surface area contributed by atoms with Crippen molar-refractivity contribution < 1.29 is 18.7 Å². The molecule has 1 aromatic heterocycles. The van der Waals surface area contributed by atoms with E-state index in [2.05, 4.69) is 11.4 Å². The molecular weight excluding hydrogens is 371 g/mol. The molecule has 0 radical (unpaired) electrons. The molecule has 0 spiro atoms. The molecule has 4 rings (SSSR count). The van der Waals surface area contributed by atoms with Crippen LogP contribution in [0.2, 0.25) is 0 Å². The summed E-state index contributed by atoms with van der Waals surface area (Å²) in [5.74, 6) is -1.40. The number of halogens is 1. The number of carboxylic acids is 1. The van der Waals surface area contributed by atoms with Crippen molar-refractivity contribution in [2.45, 2.75) is 0 Å². The number of carboxylic acid groups (broad SMARTS) is 1. The second-order valence-corrected chi connectivity index (χ2v) is 6.45.